The lowest BCUT2D eigenvalue weighted by Gasteiger charge is -2.13. The maximum absolute atomic E-state index is 11.1. The van der Waals surface area contributed by atoms with Crippen molar-refractivity contribution in [2.45, 2.75) is 19.4 Å². The first-order chi connectivity index (χ1) is 8.49. The number of hydrogen-bond acceptors (Lipinski definition) is 3. The van der Waals surface area contributed by atoms with Gasteiger partial charge in [0.1, 0.15) is 0 Å². The van der Waals surface area contributed by atoms with Gasteiger partial charge in [-0.2, -0.15) is 0 Å². The van der Waals surface area contributed by atoms with E-state index in [2.05, 4.69) is 9.97 Å². The summed E-state index contributed by atoms with van der Waals surface area (Å²) in [7, 11) is -0.791. The zero-order valence-corrected chi connectivity index (χ0v) is 12.5. The van der Waals surface area contributed by atoms with Gasteiger partial charge in [-0.25, -0.2) is 4.98 Å². The van der Waals surface area contributed by atoms with E-state index in [4.69, 9.17) is 23.8 Å². The van der Waals surface area contributed by atoms with E-state index >= 15 is 0 Å². The molecule has 4 nitrogen and oxygen atoms in total. The maximum Gasteiger partial charge on any atom is 0.179 e. The number of aromatic amines is 1. The van der Waals surface area contributed by atoms with E-state index in [1.807, 2.05) is 11.5 Å². The first-order valence-corrected chi connectivity index (χ1v) is 8.06. The van der Waals surface area contributed by atoms with Gasteiger partial charge in [0.05, 0.1) is 10.5 Å². The maximum atomic E-state index is 11.1. The molecule has 2 atom stereocenters. The Morgan fingerprint density at radius 1 is 1.67 bits per heavy atom. The molecule has 98 valence electrons. The number of pyridine rings is 1. The fraction of sp³-hybridized carbons (Fsp3) is 0.455. The summed E-state index contributed by atoms with van der Waals surface area (Å²) < 4.78 is 13.7. The molecule has 2 rings (SSSR count). The summed E-state index contributed by atoms with van der Waals surface area (Å²) in [5.74, 6) is 0.656. The van der Waals surface area contributed by atoms with E-state index in [0.717, 1.165) is 17.6 Å². The predicted octanol–water partition coefficient (Wildman–Crippen LogP) is 3.08. The van der Waals surface area contributed by atoms with Gasteiger partial charge in [0.2, 0.25) is 0 Å². The van der Waals surface area contributed by atoms with E-state index in [-0.39, 0.29) is 6.04 Å². The molecule has 0 saturated heterocycles. The molecule has 0 aromatic carbocycles. The lowest BCUT2D eigenvalue weighted by atomic mass is 10.2. The summed E-state index contributed by atoms with van der Waals surface area (Å²) in [4.78, 5) is 7.40. The summed E-state index contributed by atoms with van der Waals surface area (Å²) in [6.07, 6.45) is 4.11. The molecular formula is C11H14ClN3OS2. The molecule has 0 fully saturated rings. The quantitative estimate of drug-likeness (QED) is 0.883. The van der Waals surface area contributed by atoms with Crippen molar-refractivity contribution in [1.82, 2.24) is 14.5 Å². The van der Waals surface area contributed by atoms with E-state index in [9.17, 15) is 4.21 Å². The van der Waals surface area contributed by atoms with Crippen LogP contribution in [0.2, 0.25) is 5.02 Å². The molecule has 18 heavy (non-hydrogen) atoms. The fourth-order valence-corrected chi connectivity index (χ4v) is 3.07. The Labute approximate surface area is 118 Å². The van der Waals surface area contributed by atoms with Gasteiger partial charge in [-0.3, -0.25) is 8.78 Å². The first kappa shape index (κ1) is 13.7. The van der Waals surface area contributed by atoms with Gasteiger partial charge in [0.25, 0.3) is 0 Å². The molecule has 0 aliphatic rings. The van der Waals surface area contributed by atoms with Crippen LogP contribution >= 0.6 is 23.8 Å². The van der Waals surface area contributed by atoms with Crippen molar-refractivity contribution >= 4 is 45.8 Å². The second-order valence-corrected chi connectivity index (χ2v) is 6.62. The summed E-state index contributed by atoms with van der Waals surface area (Å²) in [5.41, 5.74) is 1.62. The average Bonchev–Trinajstić information content (AvgIpc) is 2.61. The van der Waals surface area contributed by atoms with Crippen molar-refractivity contribution in [3.05, 3.63) is 22.1 Å². The molecule has 2 aromatic rings. The summed E-state index contributed by atoms with van der Waals surface area (Å²) in [5, 5.41) is 0.577. The summed E-state index contributed by atoms with van der Waals surface area (Å²) in [6.45, 7) is 2.05. The van der Waals surface area contributed by atoms with E-state index in [1.54, 1.807) is 18.5 Å². The molecule has 0 amide bonds. The molecule has 0 bridgehead atoms. The van der Waals surface area contributed by atoms with Crippen molar-refractivity contribution in [1.29, 1.82) is 0 Å². The third-order valence-corrected chi connectivity index (χ3v) is 4.10. The summed E-state index contributed by atoms with van der Waals surface area (Å²) >= 11 is 11.2. The highest BCUT2D eigenvalue weighted by Crippen LogP contribution is 2.21. The molecule has 0 radical (unpaired) electrons. The molecule has 2 aromatic heterocycles. The monoisotopic (exact) mass is 303 g/mol. The standard InChI is InChI=1S/C11H14ClN3OS2/c1-7(3-4-18(2)16)15-10-9(14-11(15)17)5-8(12)6-13-10/h5-7H,3-4H2,1-2H3,(H,14,17). The Morgan fingerprint density at radius 2 is 2.39 bits per heavy atom. The molecule has 0 spiro atoms. The Morgan fingerprint density at radius 3 is 3.06 bits per heavy atom. The first-order valence-electron chi connectivity index (χ1n) is 5.55. The highest BCUT2D eigenvalue weighted by Gasteiger charge is 2.12. The highest BCUT2D eigenvalue weighted by molar-refractivity contribution is 7.84. The number of halogens is 1. The molecule has 0 aliphatic heterocycles. The lowest BCUT2D eigenvalue weighted by molar-refractivity contribution is 0.536. The lowest BCUT2D eigenvalue weighted by Crippen LogP contribution is -2.09. The second-order valence-electron chi connectivity index (χ2n) is 4.24. The third kappa shape index (κ3) is 2.81. The molecular weight excluding hydrogens is 290 g/mol. The normalized spacial score (nSPS) is 14.8. The van der Waals surface area contributed by atoms with Gasteiger partial charge in [-0.05, 0) is 31.6 Å². The van der Waals surface area contributed by atoms with E-state index < -0.39 is 10.8 Å². The zero-order valence-electron chi connectivity index (χ0n) is 10.1. The van der Waals surface area contributed by atoms with Crippen LogP contribution in [0, 0.1) is 4.77 Å². The Hall–Kier alpha value is -0.720. The van der Waals surface area contributed by atoms with E-state index in [0.29, 0.717) is 15.5 Å². The van der Waals surface area contributed by atoms with Gasteiger partial charge >= 0.3 is 0 Å². The third-order valence-electron chi connectivity index (χ3n) is 2.79. The topological polar surface area (TPSA) is 50.7 Å². The van der Waals surface area contributed by atoms with Crippen LogP contribution in [0.3, 0.4) is 0 Å². The van der Waals surface area contributed by atoms with Crippen molar-refractivity contribution < 1.29 is 4.21 Å². The number of aromatic nitrogens is 3. The zero-order chi connectivity index (χ0) is 13.3. The Bertz CT molecular complexity index is 649. The van der Waals surface area contributed by atoms with Crippen LogP contribution in [0.1, 0.15) is 19.4 Å². The highest BCUT2D eigenvalue weighted by atomic mass is 35.5. The summed E-state index contributed by atoms with van der Waals surface area (Å²) in [6, 6.07) is 1.96. The molecule has 7 heteroatoms. The molecule has 2 heterocycles. The number of H-pyrrole nitrogens is 1. The van der Waals surface area contributed by atoms with Gasteiger partial charge in [0, 0.05) is 35.0 Å². The van der Waals surface area contributed by atoms with Gasteiger partial charge < -0.3 is 4.98 Å². The fourth-order valence-electron chi connectivity index (χ4n) is 1.86. The minimum atomic E-state index is -0.791. The predicted molar refractivity (Wildman–Crippen MR) is 78.2 cm³/mol. The van der Waals surface area contributed by atoms with Gasteiger partial charge in [0.15, 0.2) is 10.4 Å². The average molecular weight is 304 g/mol. The molecule has 2 unspecified atom stereocenters. The Kier molecular flexibility index (Phi) is 4.19. The van der Waals surface area contributed by atoms with Gasteiger partial charge in [-0.1, -0.05) is 11.6 Å². The number of imidazole rings is 1. The Balaban J connectivity index is 2.41. The van der Waals surface area contributed by atoms with E-state index in [1.165, 1.54) is 0 Å². The smallest absolute Gasteiger partial charge is 0.179 e. The van der Waals surface area contributed by atoms with Gasteiger partial charge in [-0.15, -0.1) is 0 Å². The van der Waals surface area contributed by atoms with Crippen LogP contribution in [0.25, 0.3) is 11.2 Å². The van der Waals surface area contributed by atoms with Crippen LogP contribution in [-0.4, -0.2) is 30.8 Å². The molecule has 0 aliphatic carbocycles. The van der Waals surface area contributed by atoms with Crippen molar-refractivity contribution in [3.8, 4) is 0 Å². The van der Waals surface area contributed by atoms with Crippen LogP contribution in [0.4, 0.5) is 0 Å². The minimum Gasteiger partial charge on any atom is -0.329 e. The number of rotatable bonds is 4. The number of nitrogens with one attached hydrogen (secondary N) is 1. The van der Waals surface area contributed by atoms with Crippen LogP contribution in [0.15, 0.2) is 12.3 Å². The minimum absolute atomic E-state index is 0.156. The second kappa shape index (κ2) is 5.50. The van der Waals surface area contributed by atoms with Crippen molar-refractivity contribution in [2.24, 2.45) is 0 Å². The number of fused-ring (bicyclic) bond motifs is 1. The van der Waals surface area contributed by atoms with Crippen LogP contribution < -0.4 is 0 Å². The van der Waals surface area contributed by atoms with Crippen LogP contribution in [-0.2, 0) is 10.8 Å². The number of nitrogens with zero attached hydrogens (tertiary/aromatic N) is 2. The van der Waals surface area contributed by atoms with Crippen LogP contribution in [0.5, 0.6) is 0 Å². The van der Waals surface area contributed by atoms with Crippen molar-refractivity contribution in [3.63, 3.8) is 0 Å². The molecule has 0 saturated carbocycles. The van der Waals surface area contributed by atoms with Crippen molar-refractivity contribution in [2.75, 3.05) is 12.0 Å². The largest absolute Gasteiger partial charge is 0.329 e. The number of hydrogen-bond donors (Lipinski definition) is 1. The SMILES string of the molecule is CC(CCS(C)=O)n1c(=S)[nH]c2cc(Cl)cnc21. The molecule has 1 N–H and O–H groups in total.